The fourth-order valence-corrected chi connectivity index (χ4v) is 5.29. The minimum atomic E-state index is 0.0925. The quantitative estimate of drug-likeness (QED) is 0.206. The Morgan fingerprint density at radius 3 is 2.69 bits per heavy atom. The van der Waals surface area contributed by atoms with E-state index < -0.39 is 0 Å². The molecule has 0 N–H and O–H groups in total. The Morgan fingerprint density at radius 1 is 1.09 bits per heavy atom. The number of thioether (sulfide) groups is 1. The fourth-order valence-electron chi connectivity index (χ4n) is 3.39. The first-order valence-electron chi connectivity index (χ1n) is 10.9. The summed E-state index contributed by atoms with van der Waals surface area (Å²) in [5.74, 6) is 1.00. The lowest BCUT2D eigenvalue weighted by molar-refractivity contribution is -0.118. The minimum Gasteiger partial charge on any atom is -0.282 e. The number of hydrogen-bond acceptors (Lipinski definition) is 5. The molecule has 0 aliphatic heterocycles. The molecule has 0 aliphatic rings. The van der Waals surface area contributed by atoms with Gasteiger partial charge in [0.2, 0.25) is 5.91 Å². The molecule has 0 unspecified atom stereocenters. The average molecular weight is 462 g/mol. The Hall–Kier alpha value is -2.70. The predicted molar refractivity (Wildman–Crippen MR) is 136 cm³/mol. The molecular weight excluding hydrogens is 434 g/mol. The topological polar surface area (TPSA) is 46.1 Å². The molecule has 0 fully saturated rings. The number of carbonyl (C=O) groups is 1. The summed E-state index contributed by atoms with van der Waals surface area (Å²) in [5.41, 5.74) is 4.35. The number of nitrogens with zero attached hydrogens (tertiary/aromatic N) is 3. The van der Waals surface area contributed by atoms with E-state index in [-0.39, 0.29) is 5.91 Å². The molecule has 0 spiro atoms. The monoisotopic (exact) mass is 461 g/mol. The molecule has 0 aliphatic carbocycles. The lowest BCUT2D eigenvalue weighted by Crippen LogP contribution is -2.30. The second-order valence-electron chi connectivity index (χ2n) is 7.72. The molecule has 32 heavy (non-hydrogen) atoms. The highest BCUT2D eigenvalue weighted by Crippen LogP contribution is 2.31. The van der Waals surface area contributed by atoms with Crippen LogP contribution in [0, 0.1) is 6.92 Å². The van der Waals surface area contributed by atoms with Gasteiger partial charge in [0.1, 0.15) is 0 Å². The molecule has 4 nitrogen and oxygen atoms in total. The molecule has 0 saturated heterocycles. The SMILES string of the molecule is CCc1ccc2nc(N(Cc3ccccn3)C(=O)CCCSc3ccc(C)cc3)sc2c1. The van der Waals surface area contributed by atoms with Gasteiger partial charge in [0.05, 0.1) is 22.5 Å². The molecule has 0 atom stereocenters. The maximum absolute atomic E-state index is 13.3. The van der Waals surface area contributed by atoms with Crippen molar-refractivity contribution in [3.63, 3.8) is 0 Å². The molecule has 6 heteroatoms. The van der Waals surface area contributed by atoms with Gasteiger partial charge >= 0.3 is 0 Å². The highest BCUT2D eigenvalue weighted by Gasteiger charge is 2.20. The molecule has 1 amide bonds. The molecule has 2 aromatic carbocycles. The summed E-state index contributed by atoms with van der Waals surface area (Å²) in [7, 11) is 0. The number of anilines is 1. The van der Waals surface area contributed by atoms with Crippen molar-refractivity contribution in [1.82, 2.24) is 9.97 Å². The maximum Gasteiger partial charge on any atom is 0.229 e. The molecule has 2 aromatic heterocycles. The van der Waals surface area contributed by atoms with Crippen LogP contribution in [-0.4, -0.2) is 21.6 Å². The molecular formula is C26H27N3OS2. The maximum atomic E-state index is 13.3. The first-order valence-corrected chi connectivity index (χ1v) is 12.7. The van der Waals surface area contributed by atoms with Crippen molar-refractivity contribution in [3.05, 3.63) is 83.7 Å². The van der Waals surface area contributed by atoms with E-state index in [9.17, 15) is 4.79 Å². The van der Waals surface area contributed by atoms with Crippen molar-refractivity contribution in [1.29, 1.82) is 0 Å². The number of amides is 1. The summed E-state index contributed by atoms with van der Waals surface area (Å²) in [5, 5.41) is 0.745. The number of aromatic nitrogens is 2. The van der Waals surface area contributed by atoms with E-state index in [1.165, 1.54) is 16.0 Å². The first kappa shape index (κ1) is 22.5. The Morgan fingerprint density at radius 2 is 1.94 bits per heavy atom. The second kappa shape index (κ2) is 10.7. The van der Waals surface area contributed by atoms with Crippen molar-refractivity contribution in [3.8, 4) is 0 Å². The first-order chi connectivity index (χ1) is 15.6. The van der Waals surface area contributed by atoms with Gasteiger partial charge in [-0.05, 0) is 67.5 Å². The van der Waals surface area contributed by atoms with Crippen LogP contribution in [-0.2, 0) is 17.8 Å². The normalized spacial score (nSPS) is 11.1. The predicted octanol–water partition coefficient (Wildman–Crippen LogP) is 6.67. The zero-order chi connectivity index (χ0) is 22.3. The number of carbonyl (C=O) groups excluding carboxylic acids is 1. The average Bonchev–Trinajstić information content (AvgIpc) is 3.25. The molecule has 0 radical (unpaired) electrons. The van der Waals surface area contributed by atoms with Crippen LogP contribution in [0.3, 0.4) is 0 Å². The Kier molecular flexibility index (Phi) is 7.55. The van der Waals surface area contributed by atoms with Gasteiger partial charge in [0, 0.05) is 17.5 Å². The molecule has 4 aromatic rings. The summed E-state index contributed by atoms with van der Waals surface area (Å²) < 4.78 is 1.12. The Bertz CT molecular complexity index is 1170. The van der Waals surface area contributed by atoms with Crippen molar-refractivity contribution < 1.29 is 4.79 Å². The van der Waals surface area contributed by atoms with Crippen LogP contribution in [0.5, 0.6) is 0 Å². The van der Waals surface area contributed by atoms with Gasteiger partial charge in [-0.15, -0.1) is 11.8 Å². The van der Waals surface area contributed by atoms with E-state index in [1.54, 1.807) is 34.2 Å². The van der Waals surface area contributed by atoms with Crippen molar-refractivity contribution >= 4 is 44.4 Å². The number of aryl methyl sites for hydroxylation is 2. The largest absolute Gasteiger partial charge is 0.282 e. The zero-order valence-electron chi connectivity index (χ0n) is 18.5. The van der Waals surface area contributed by atoms with Crippen LogP contribution in [0.2, 0.25) is 0 Å². The van der Waals surface area contributed by atoms with Gasteiger partial charge in [-0.25, -0.2) is 4.98 Å². The third-order valence-corrected chi connectivity index (χ3v) is 7.39. The Labute approximate surface area is 197 Å². The zero-order valence-corrected chi connectivity index (χ0v) is 20.1. The van der Waals surface area contributed by atoms with Gasteiger partial charge in [0.15, 0.2) is 5.13 Å². The van der Waals surface area contributed by atoms with Crippen molar-refractivity contribution in [2.75, 3.05) is 10.7 Å². The standard InChI is InChI=1S/C26H27N3OS2/c1-3-20-11-14-23-24(17-20)32-26(28-23)29(18-21-7-4-5-15-27-21)25(30)8-6-16-31-22-12-9-19(2)10-13-22/h4-5,7,9-15,17H,3,6,8,16,18H2,1-2H3. The number of benzene rings is 2. The van der Waals surface area contributed by atoms with E-state index in [2.05, 4.69) is 61.3 Å². The highest BCUT2D eigenvalue weighted by molar-refractivity contribution is 7.99. The van der Waals surface area contributed by atoms with Crippen molar-refractivity contribution in [2.45, 2.75) is 44.6 Å². The lowest BCUT2D eigenvalue weighted by atomic mass is 10.2. The number of fused-ring (bicyclic) bond motifs is 1. The van der Waals surface area contributed by atoms with Crippen LogP contribution in [0.25, 0.3) is 10.2 Å². The van der Waals surface area contributed by atoms with Crippen LogP contribution in [0.4, 0.5) is 5.13 Å². The highest BCUT2D eigenvalue weighted by atomic mass is 32.2. The summed E-state index contributed by atoms with van der Waals surface area (Å²) in [6.07, 6.45) is 4.06. The van der Waals surface area contributed by atoms with Gasteiger partial charge in [-0.2, -0.15) is 0 Å². The number of thiazole rings is 1. The molecule has 0 bridgehead atoms. The van der Waals surface area contributed by atoms with Gasteiger partial charge in [-0.1, -0.05) is 48.1 Å². The Balaban J connectivity index is 1.47. The summed E-state index contributed by atoms with van der Waals surface area (Å²) in [6, 6.07) is 20.7. The fraction of sp³-hybridized carbons (Fsp3) is 0.269. The van der Waals surface area contributed by atoms with Crippen LogP contribution >= 0.6 is 23.1 Å². The van der Waals surface area contributed by atoms with E-state index >= 15 is 0 Å². The number of pyridine rings is 1. The summed E-state index contributed by atoms with van der Waals surface area (Å²) in [6.45, 7) is 4.67. The molecule has 164 valence electrons. The number of rotatable bonds is 9. The number of hydrogen-bond donors (Lipinski definition) is 0. The van der Waals surface area contributed by atoms with E-state index in [4.69, 9.17) is 4.98 Å². The summed E-state index contributed by atoms with van der Waals surface area (Å²) >= 11 is 3.38. The molecule has 2 heterocycles. The molecule has 0 saturated carbocycles. The third-order valence-electron chi connectivity index (χ3n) is 5.25. The third kappa shape index (κ3) is 5.75. The molecule has 4 rings (SSSR count). The van der Waals surface area contributed by atoms with Gasteiger partial charge in [0.25, 0.3) is 0 Å². The second-order valence-corrected chi connectivity index (χ2v) is 9.90. The van der Waals surface area contributed by atoms with Crippen LogP contribution in [0.1, 0.15) is 36.6 Å². The van der Waals surface area contributed by atoms with E-state index in [0.717, 1.165) is 39.6 Å². The van der Waals surface area contributed by atoms with Crippen molar-refractivity contribution in [2.24, 2.45) is 0 Å². The lowest BCUT2D eigenvalue weighted by Gasteiger charge is -2.19. The van der Waals surface area contributed by atoms with Gasteiger partial charge < -0.3 is 0 Å². The van der Waals surface area contributed by atoms with Gasteiger partial charge in [-0.3, -0.25) is 14.7 Å². The smallest absolute Gasteiger partial charge is 0.229 e. The van der Waals surface area contributed by atoms with E-state index in [1.807, 2.05) is 18.2 Å². The minimum absolute atomic E-state index is 0.0925. The van der Waals surface area contributed by atoms with E-state index in [0.29, 0.717) is 13.0 Å². The summed E-state index contributed by atoms with van der Waals surface area (Å²) in [4.78, 5) is 25.5. The van der Waals surface area contributed by atoms with Crippen LogP contribution in [0.15, 0.2) is 71.8 Å². The van der Waals surface area contributed by atoms with Crippen LogP contribution < -0.4 is 4.90 Å².